The van der Waals surface area contributed by atoms with E-state index in [0.717, 1.165) is 17.7 Å². The van der Waals surface area contributed by atoms with Gasteiger partial charge in [-0.05, 0) is 17.7 Å². The Morgan fingerprint density at radius 1 is 1.19 bits per heavy atom. The van der Waals surface area contributed by atoms with Crippen LogP contribution in [0.3, 0.4) is 0 Å². The summed E-state index contributed by atoms with van der Waals surface area (Å²) < 4.78 is 47.1. The average Bonchev–Trinajstić information content (AvgIpc) is 2.43. The molecule has 0 aliphatic rings. The van der Waals surface area contributed by atoms with Gasteiger partial charge in [-0.3, -0.25) is 0 Å². The molecule has 0 spiro atoms. The van der Waals surface area contributed by atoms with Crippen molar-refractivity contribution in [1.29, 1.82) is 0 Å². The van der Waals surface area contributed by atoms with E-state index < -0.39 is 17.8 Å². The van der Waals surface area contributed by atoms with Gasteiger partial charge in [0.15, 0.2) is 0 Å². The van der Waals surface area contributed by atoms with E-state index in [1.807, 2.05) is 0 Å². The van der Waals surface area contributed by atoms with Crippen molar-refractivity contribution in [3.05, 3.63) is 35.4 Å². The molecule has 21 heavy (non-hydrogen) atoms. The van der Waals surface area contributed by atoms with E-state index in [9.17, 15) is 18.3 Å². The van der Waals surface area contributed by atoms with Gasteiger partial charge in [-0.25, -0.2) is 0 Å². The normalized spacial score (nSPS) is 13.4. The maximum atomic E-state index is 12.4. The molecule has 1 rings (SSSR count). The van der Waals surface area contributed by atoms with Gasteiger partial charge in [0.25, 0.3) is 0 Å². The van der Waals surface area contributed by atoms with Crippen molar-refractivity contribution in [3.8, 4) is 0 Å². The number of nitrogens with one attached hydrogen (secondary N) is 1. The summed E-state index contributed by atoms with van der Waals surface area (Å²) in [7, 11) is 1.56. The van der Waals surface area contributed by atoms with Crippen LogP contribution >= 0.6 is 0 Å². The van der Waals surface area contributed by atoms with E-state index in [1.165, 1.54) is 12.1 Å². The molecule has 0 heterocycles. The minimum absolute atomic E-state index is 0.184. The first-order valence-electron chi connectivity index (χ1n) is 6.55. The third-order valence-corrected chi connectivity index (χ3v) is 2.73. The van der Waals surface area contributed by atoms with Crippen molar-refractivity contribution in [1.82, 2.24) is 5.32 Å². The molecule has 0 amide bonds. The molecule has 4 nitrogen and oxygen atoms in total. The lowest BCUT2D eigenvalue weighted by Crippen LogP contribution is -2.30. The highest BCUT2D eigenvalue weighted by atomic mass is 19.4. The van der Waals surface area contributed by atoms with Gasteiger partial charge in [0.1, 0.15) is 0 Å². The highest BCUT2D eigenvalue weighted by Crippen LogP contribution is 2.28. The van der Waals surface area contributed by atoms with Gasteiger partial charge in [0.05, 0.1) is 31.5 Å². The van der Waals surface area contributed by atoms with Crippen LogP contribution in [0, 0.1) is 0 Å². The summed E-state index contributed by atoms with van der Waals surface area (Å²) in [6, 6.07) is 4.91. The van der Waals surface area contributed by atoms with Crippen molar-refractivity contribution in [3.63, 3.8) is 0 Å². The standard InChI is InChI=1S/C14H20F3NO3/c1-20-6-7-21-10-13(19)9-18-8-11-2-4-12(5-3-11)14(15,16)17/h2-5,13,18-19H,6-10H2,1H3. The minimum Gasteiger partial charge on any atom is -0.389 e. The second-order valence-corrected chi connectivity index (χ2v) is 4.55. The minimum atomic E-state index is -4.32. The summed E-state index contributed by atoms with van der Waals surface area (Å²) in [5.74, 6) is 0. The van der Waals surface area contributed by atoms with Crippen LogP contribution in [0.2, 0.25) is 0 Å². The number of rotatable bonds is 9. The van der Waals surface area contributed by atoms with Gasteiger partial charge in [-0.2, -0.15) is 13.2 Å². The topological polar surface area (TPSA) is 50.7 Å². The Balaban J connectivity index is 2.23. The van der Waals surface area contributed by atoms with Crippen LogP contribution in [0.4, 0.5) is 13.2 Å². The van der Waals surface area contributed by atoms with Gasteiger partial charge < -0.3 is 19.9 Å². The summed E-state index contributed by atoms with van der Waals surface area (Å²) in [5.41, 5.74) is 0.0494. The SMILES string of the molecule is COCCOCC(O)CNCc1ccc(C(F)(F)F)cc1. The van der Waals surface area contributed by atoms with Gasteiger partial charge in [-0.1, -0.05) is 12.1 Å². The molecule has 2 N–H and O–H groups in total. The molecule has 1 unspecified atom stereocenters. The molecule has 0 aliphatic carbocycles. The van der Waals surface area contributed by atoms with Gasteiger partial charge in [-0.15, -0.1) is 0 Å². The van der Waals surface area contributed by atoms with Gasteiger partial charge in [0.2, 0.25) is 0 Å². The lowest BCUT2D eigenvalue weighted by atomic mass is 10.1. The van der Waals surface area contributed by atoms with Crippen LogP contribution in [-0.2, 0) is 22.2 Å². The van der Waals surface area contributed by atoms with E-state index in [2.05, 4.69) is 5.32 Å². The van der Waals surface area contributed by atoms with E-state index >= 15 is 0 Å². The second kappa shape index (κ2) is 8.99. The molecule has 0 aliphatic heterocycles. The maximum Gasteiger partial charge on any atom is 0.416 e. The number of methoxy groups -OCH3 is 1. The van der Waals surface area contributed by atoms with Crippen LogP contribution in [0.15, 0.2) is 24.3 Å². The monoisotopic (exact) mass is 307 g/mol. The second-order valence-electron chi connectivity index (χ2n) is 4.55. The highest BCUT2D eigenvalue weighted by Gasteiger charge is 2.29. The van der Waals surface area contributed by atoms with Crippen LogP contribution in [0.1, 0.15) is 11.1 Å². The van der Waals surface area contributed by atoms with Crippen LogP contribution in [0.5, 0.6) is 0 Å². The number of ether oxygens (including phenoxy) is 2. The largest absolute Gasteiger partial charge is 0.416 e. The number of alkyl halides is 3. The van der Waals surface area contributed by atoms with Crippen molar-refractivity contribution >= 4 is 0 Å². The number of benzene rings is 1. The molecule has 0 saturated heterocycles. The number of aliphatic hydroxyl groups is 1. The number of hydrogen-bond acceptors (Lipinski definition) is 4. The third kappa shape index (κ3) is 7.42. The number of aliphatic hydroxyl groups excluding tert-OH is 1. The molecular formula is C14H20F3NO3. The fourth-order valence-electron chi connectivity index (χ4n) is 1.62. The zero-order valence-electron chi connectivity index (χ0n) is 11.8. The molecule has 1 aromatic carbocycles. The summed E-state index contributed by atoms with van der Waals surface area (Å²) in [6.07, 6.45) is -4.99. The predicted molar refractivity (Wildman–Crippen MR) is 71.9 cm³/mol. The van der Waals surface area contributed by atoms with Gasteiger partial charge >= 0.3 is 6.18 Å². The summed E-state index contributed by atoms with van der Waals surface area (Å²) in [5, 5.41) is 12.6. The number of halogens is 3. The zero-order valence-corrected chi connectivity index (χ0v) is 11.8. The molecule has 1 atom stereocenters. The van der Waals surface area contributed by atoms with Crippen LogP contribution < -0.4 is 5.32 Å². The zero-order chi connectivity index (χ0) is 15.7. The molecule has 120 valence electrons. The van der Waals surface area contributed by atoms with Crippen LogP contribution in [-0.4, -0.2) is 44.7 Å². The lowest BCUT2D eigenvalue weighted by Gasteiger charge is -2.13. The first kappa shape index (κ1) is 17.9. The lowest BCUT2D eigenvalue weighted by molar-refractivity contribution is -0.137. The Kier molecular flexibility index (Phi) is 7.66. The molecule has 0 fully saturated rings. The molecule has 0 aromatic heterocycles. The molecule has 1 aromatic rings. The average molecular weight is 307 g/mol. The Morgan fingerprint density at radius 3 is 2.43 bits per heavy atom. The highest BCUT2D eigenvalue weighted by molar-refractivity contribution is 5.24. The van der Waals surface area contributed by atoms with Crippen molar-refractivity contribution in [2.75, 3.05) is 33.5 Å². The summed E-state index contributed by atoms with van der Waals surface area (Å²) in [6.45, 7) is 1.74. The Bertz CT molecular complexity index is 395. The van der Waals surface area contributed by atoms with Crippen molar-refractivity contribution in [2.45, 2.75) is 18.8 Å². The smallest absolute Gasteiger partial charge is 0.389 e. The third-order valence-electron chi connectivity index (χ3n) is 2.73. The van der Waals surface area contributed by atoms with Gasteiger partial charge in [0, 0.05) is 20.2 Å². The Morgan fingerprint density at radius 2 is 1.86 bits per heavy atom. The maximum absolute atomic E-state index is 12.4. The van der Waals surface area contributed by atoms with E-state index in [0.29, 0.717) is 26.3 Å². The fourth-order valence-corrected chi connectivity index (χ4v) is 1.62. The Labute approximate surface area is 121 Å². The predicted octanol–water partition coefficient (Wildman–Crippen LogP) is 1.82. The van der Waals surface area contributed by atoms with E-state index in [-0.39, 0.29) is 6.61 Å². The first-order valence-corrected chi connectivity index (χ1v) is 6.55. The number of hydrogen-bond donors (Lipinski definition) is 2. The molecule has 0 bridgehead atoms. The van der Waals surface area contributed by atoms with E-state index in [4.69, 9.17) is 9.47 Å². The molecule has 7 heteroatoms. The van der Waals surface area contributed by atoms with Crippen molar-refractivity contribution in [2.24, 2.45) is 0 Å². The van der Waals surface area contributed by atoms with Crippen molar-refractivity contribution < 1.29 is 27.8 Å². The molecule has 0 saturated carbocycles. The quantitative estimate of drug-likeness (QED) is 0.683. The van der Waals surface area contributed by atoms with Crippen LogP contribution in [0.25, 0.3) is 0 Å². The fraction of sp³-hybridized carbons (Fsp3) is 0.571. The summed E-state index contributed by atoms with van der Waals surface area (Å²) >= 11 is 0. The Hall–Kier alpha value is -1.15. The summed E-state index contributed by atoms with van der Waals surface area (Å²) in [4.78, 5) is 0. The first-order chi connectivity index (χ1) is 9.93. The van der Waals surface area contributed by atoms with E-state index in [1.54, 1.807) is 7.11 Å². The molecular weight excluding hydrogens is 287 g/mol. The molecule has 0 radical (unpaired) electrons.